The molecule has 0 aliphatic heterocycles. The molecule has 1 heteroatoms. The Balaban J connectivity index is 2.64. The van der Waals surface area contributed by atoms with Gasteiger partial charge in [-0.1, -0.05) is 29.8 Å². The van der Waals surface area contributed by atoms with Crippen molar-refractivity contribution in [2.75, 3.05) is 14.1 Å². The Morgan fingerprint density at radius 1 is 1.31 bits per heavy atom. The fourth-order valence-electron chi connectivity index (χ4n) is 1.36. The highest BCUT2D eigenvalue weighted by molar-refractivity contribution is 5.22. The Hall–Kier alpha value is -0.820. The van der Waals surface area contributed by atoms with Gasteiger partial charge < -0.3 is 4.90 Å². The molecule has 0 N–H and O–H groups in total. The molecule has 1 aromatic carbocycles. The average Bonchev–Trinajstić information content (AvgIpc) is 2.04. The van der Waals surface area contributed by atoms with Crippen LogP contribution in [0.15, 0.2) is 24.3 Å². The van der Waals surface area contributed by atoms with E-state index in [1.165, 1.54) is 11.1 Å². The fraction of sp³-hybridized carbons (Fsp3) is 0.500. The van der Waals surface area contributed by atoms with Crippen molar-refractivity contribution >= 4 is 0 Å². The molecule has 0 aliphatic rings. The van der Waals surface area contributed by atoms with Gasteiger partial charge in [-0.05, 0) is 39.9 Å². The maximum absolute atomic E-state index is 2.26. The summed E-state index contributed by atoms with van der Waals surface area (Å²) in [6.07, 6.45) is 1.13. The molecule has 72 valence electrons. The molecule has 13 heavy (non-hydrogen) atoms. The first kappa shape index (κ1) is 10.3. The van der Waals surface area contributed by atoms with Gasteiger partial charge in [0.15, 0.2) is 0 Å². The third-order valence-electron chi connectivity index (χ3n) is 2.50. The fourth-order valence-corrected chi connectivity index (χ4v) is 1.36. The topological polar surface area (TPSA) is 3.24 Å². The summed E-state index contributed by atoms with van der Waals surface area (Å²) in [6.45, 7) is 4.39. The molecule has 0 spiro atoms. The minimum absolute atomic E-state index is 0.613. The van der Waals surface area contributed by atoms with Crippen LogP contribution >= 0.6 is 0 Å². The van der Waals surface area contributed by atoms with E-state index in [0.29, 0.717) is 6.04 Å². The van der Waals surface area contributed by atoms with Crippen LogP contribution in [-0.2, 0) is 6.42 Å². The number of hydrogen-bond acceptors (Lipinski definition) is 1. The van der Waals surface area contributed by atoms with Crippen molar-refractivity contribution in [3.05, 3.63) is 35.4 Å². The predicted octanol–water partition coefficient (Wildman–Crippen LogP) is 2.49. The summed E-state index contributed by atoms with van der Waals surface area (Å²) in [5, 5.41) is 0. The van der Waals surface area contributed by atoms with E-state index in [4.69, 9.17) is 0 Å². The van der Waals surface area contributed by atoms with Crippen molar-refractivity contribution in [1.82, 2.24) is 4.90 Å². The van der Waals surface area contributed by atoms with Crippen molar-refractivity contribution in [3.63, 3.8) is 0 Å². The lowest BCUT2D eigenvalue weighted by Crippen LogP contribution is -2.26. The van der Waals surface area contributed by atoms with Crippen LogP contribution in [0.2, 0.25) is 0 Å². The lowest BCUT2D eigenvalue weighted by molar-refractivity contribution is 0.312. The normalized spacial score (nSPS) is 13.3. The Bertz CT molecular complexity index is 266. The molecule has 0 saturated carbocycles. The van der Waals surface area contributed by atoms with E-state index in [-0.39, 0.29) is 0 Å². The lowest BCUT2D eigenvalue weighted by Gasteiger charge is -2.19. The molecule has 0 heterocycles. The van der Waals surface area contributed by atoms with E-state index in [2.05, 4.69) is 57.1 Å². The van der Waals surface area contributed by atoms with Crippen LogP contribution in [0.4, 0.5) is 0 Å². The van der Waals surface area contributed by atoms with Crippen LogP contribution in [0, 0.1) is 6.92 Å². The summed E-state index contributed by atoms with van der Waals surface area (Å²) in [4.78, 5) is 2.25. The van der Waals surface area contributed by atoms with Gasteiger partial charge in [-0.25, -0.2) is 0 Å². The zero-order valence-electron chi connectivity index (χ0n) is 9.04. The van der Waals surface area contributed by atoms with Crippen LogP contribution in [0.25, 0.3) is 0 Å². The van der Waals surface area contributed by atoms with E-state index >= 15 is 0 Å². The first-order valence-corrected chi connectivity index (χ1v) is 4.81. The second kappa shape index (κ2) is 4.43. The smallest absolute Gasteiger partial charge is 0.0101 e. The first-order valence-electron chi connectivity index (χ1n) is 4.81. The van der Waals surface area contributed by atoms with Crippen molar-refractivity contribution in [2.24, 2.45) is 0 Å². The number of aryl methyl sites for hydroxylation is 1. The quantitative estimate of drug-likeness (QED) is 0.685. The zero-order valence-corrected chi connectivity index (χ0v) is 9.04. The molecule has 1 aromatic rings. The van der Waals surface area contributed by atoms with E-state index in [1.807, 2.05) is 0 Å². The summed E-state index contributed by atoms with van der Waals surface area (Å²) in [5.74, 6) is 0. The highest BCUT2D eigenvalue weighted by Gasteiger charge is 2.04. The molecule has 0 saturated heterocycles. The molecule has 0 unspecified atom stereocenters. The highest BCUT2D eigenvalue weighted by atomic mass is 15.1. The first-order chi connectivity index (χ1) is 6.09. The van der Waals surface area contributed by atoms with Crippen molar-refractivity contribution in [2.45, 2.75) is 26.3 Å². The molecule has 0 bridgehead atoms. The minimum atomic E-state index is 0.613. The lowest BCUT2D eigenvalue weighted by atomic mass is 10.0. The summed E-state index contributed by atoms with van der Waals surface area (Å²) < 4.78 is 0. The van der Waals surface area contributed by atoms with Crippen molar-refractivity contribution in [3.8, 4) is 0 Å². The number of benzene rings is 1. The number of likely N-dealkylation sites (N-methyl/N-ethyl adjacent to an activating group) is 1. The number of nitrogens with zero attached hydrogens (tertiary/aromatic N) is 1. The molecule has 0 aromatic heterocycles. The largest absolute Gasteiger partial charge is 0.306 e. The number of rotatable bonds is 3. The molecule has 1 nitrogen and oxygen atoms in total. The Morgan fingerprint density at radius 2 is 2.00 bits per heavy atom. The van der Waals surface area contributed by atoms with Gasteiger partial charge in [-0.2, -0.15) is 0 Å². The third-order valence-corrected chi connectivity index (χ3v) is 2.50. The summed E-state index contributed by atoms with van der Waals surface area (Å²) in [5.41, 5.74) is 2.78. The van der Waals surface area contributed by atoms with Gasteiger partial charge in [0, 0.05) is 6.04 Å². The molecule has 0 aliphatic carbocycles. The predicted molar refractivity (Wildman–Crippen MR) is 58.0 cm³/mol. The number of hydrogen-bond donors (Lipinski definition) is 0. The van der Waals surface area contributed by atoms with Gasteiger partial charge in [-0.3, -0.25) is 0 Å². The average molecular weight is 177 g/mol. The summed E-state index contributed by atoms with van der Waals surface area (Å²) in [6, 6.07) is 9.35. The maximum Gasteiger partial charge on any atom is 0.0101 e. The Kier molecular flexibility index (Phi) is 3.49. The molecule has 0 amide bonds. The van der Waals surface area contributed by atoms with Crippen LogP contribution in [0.3, 0.4) is 0 Å². The highest BCUT2D eigenvalue weighted by Crippen LogP contribution is 2.08. The van der Waals surface area contributed by atoms with Gasteiger partial charge in [0.2, 0.25) is 0 Å². The molecular formula is C12H19N. The molecular weight excluding hydrogens is 158 g/mol. The third kappa shape index (κ3) is 3.19. The van der Waals surface area contributed by atoms with Gasteiger partial charge in [0.25, 0.3) is 0 Å². The van der Waals surface area contributed by atoms with Gasteiger partial charge in [-0.15, -0.1) is 0 Å². The van der Waals surface area contributed by atoms with E-state index in [1.54, 1.807) is 0 Å². The Labute approximate surface area is 81.4 Å². The molecule has 1 rings (SSSR count). The summed E-state index contributed by atoms with van der Waals surface area (Å²) >= 11 is 0. The Morgan fingerprint density at radius 3 is 2.54 bits per heavy atom. The van der Waals surface area contributed by atoms with Crippen LogP contribution < -0.4 is 0 Å². The summed E-state index contributed by atoms with van der Waals surface area (Å²) in [7, 11) is 4.25. The van der Waals surface area contributed by atoms with Gasteiger partial charge >= 0.3 is 0 Å². The maximum atomic E-state index is 2.26. The SMILES string of the molecule is Cc1cccc(C[C@@H](C)N(C)C)c1. The van der Waals surface area contributed by atoms with Crippen LogP contribution in [-0.4, -0.2) is 25.0 Å². The van der Waals surface area contributed by atoms with Crippen molar-refractivity contribution in [1.29, 1.82) is 0 Å². The second-order valence-corrected chi connectivity index (χ2v) is 4.01. The molecule has 0 fully saturated rings. The van der Waals surface area contributed by atoms with Crippen LogP contribution in [0.5, 0.6) is 0 Å². The molecule has 0 radical (unpaired) electrons. The van der Waals surface area contributed by atoms with Gasteiger partial charge in [0.1, 0.15) is 0 Å². The van der Waals surface area contributed by atoms with E-state index in [0.717, 1.165) is 6.42 Å². The second-order valence-electron chi connectivity index (χ2n) is 4.01. The van der Waals surface area contributed by atoms with Gasteiger partial charge in [0.05, 0.1) is 0 Å². The standard InChI is InChI=1S/C12H19N/c1-10-6-5-7-12(8-10)9-11(2)13(3)4/h5-8,11H,9H2,1-4H3/t11-/m1/s1. The van der Waals surface area contributed by atoms with Crippen molar-refractivity contribution < 1.29 is 0 Å². The van der Waals surface area contributed by atoms with E-state index < -0.39 is 0 Å². The van der Waals surface area contributed by atoms with E-state index in [9.17, 15) is 0 Å². The molecule has 1 atom stereocenters. The zero-order chi connectivity index (χ0) is 9.84. The van der Waals surface area contributed by atoms with Crippen LogP contribution in [0.1, 0.15) is 18.1 Å². The monoisotopic (exact) mass is 177 g/mol. The minimum Gasteiger partial charge on any atom is -0.306 e.